The number of hydrogen-bond donors (Lipinski definition) is 2. The first-order chi connectivity index (χ1) is 7.20. The molecule has 0 heterocycles. The summed E-state index contributed by atoms with van der Waals surface area (Å²) < 4.78 is 0. The van der Waals surface area contributed by atoms with Crippen LogP contribution in [0.15, 0.2) is 0 Å². The highest BCUT2D eigenvalue weighted by Crippen LogP contribution is 2.23. The third-order valence-electron chi connectivity index (χ3n) is 2.07. The third-order valence-corrected chi connectivity index (χ3v) is 5.28. The minimum atomic E-state index is 0.795. The van der Waals surface area contributed by atoms with Crippen LogP contribution in [0.25, 0.3) is 0 Å². The molecule has 0 aliphatic rings. The standard InChI is InChI=1S/C11H24S4/c1-10(14-7-3-5-12)9-11(2)15-8-4-6-13/h10-13H,3-9H2,1-2H3. The zero-order valence-electron chi connectivity index (χ0n) is 9.82. The molecular weight excluding hydrogens is 260 g/mol. The van der Waals surface area contributed by atoms with E-state index in [9.17, 15) is 0 Å². The van der Waals surface area contributed by atoms with Crippen LogP contribution in [0, 0.1) is 0 Å². The first kappa shape index (κ1) is 16.4. The lowest BCUT2D eigenvalue weighted by Crippen LogP contribution is -2.08. The van der Waals surface area contributed by atoms with Crippen molar-refractivity contribution >= 4 is 48.8 Å². The Morgan fingerprint density at radius 2 is 1.27 bits per heavy atom. The highest BCUT2D eigenvalue weighted by atomic mass is 32.2. The molecule has 0 amide bonds. The SMILES string of the molecule is CC(CC(C)SCCCS)SCCCS. The molecule has 15 heavy (non-hydrogen) atoms. The summed E-state index contributed by atoms with van der Waals surface area (Å²) in [5, 5.41) is 1.59. The molecule has 0 rings (SSSR count). The highest BCUT2D eigenvalue weighted by Gasteiger charge is 2.08. The van der Waals surface area contributed by atoms with Crippen LogP contribution in [0.3, 0.4) is 0 Å². The first-order valence-electron chi connectivity index (χ1n) is 5.65. The van der Waals surface area contributed by atoms with E-state index in [0.29, 0.717) is 0 Å². The van der Waals surface area contributed by atoms with Gasteiger partial charge in [-0.05, 0) is 42.3 Å². The lowest BCUT2D eigenvalue weighted by atomic mass is 10.3. The van der Waals surface area contributed by atoms with Gasteiger partial charge in [-0.3, -0.25) is 0 Å². The molecule has 92 valence electrons. The summed E-state index contributed by atoms with van der Waals surface area (Å²) in [5.74, 6) is 4.56. The van der Waals surface area contributed by atoms with Gasteiger partial charge in [-0.1, -0.05) is 13.8 Å². The predicted molar refractivity (Wildman–Crippen MR) is 85.4 cm³/mol. The van der Waals surface area contributed by atoms with Crippen molar-refractivity contribution in [3.63, 3.8) is 0 Å². The fraction of sp³-hybridized carbons (Fsp3) is 1.00. The van der Waals surface area contributed by atoms with Crippen LogP contribution in [0.2, 0.25) is 0 Å². The monoisotopic (exact) mass is 284 g/mol. The smallest absolute Gasteiger partial charge is 0.00291 e. The van der Waals surface area contributed by atoms with Crippen molar-refractivity contribution in [3.8, 4) is 0 Å². The molecule has 0 aromatic heterocycles. The molecule has 0 aromatic rings. The van der Waals surface area contributed by atoms with Crippen molar-refractivity contribution in [2.75, 3.05) is 23.0 Å². The lowest BCUT2D eigenvalue weighted by Gasteiger charge is -2.16. The van der Waals surface area contributed by atoms with E-state index < -0.39 is 0 Å². The Bertz CT molecular complexity index is 116. The van der Waals surface area contributed by atoms with Gasteiger partial charge >= 0.3 is 0 Å². The molecule has 0 saturated heterocycles. The molecule has 0 radical (unpaired) electrons. The number of thioether (sulfide) groups is 2. The van der Waals surface area contributed by atoms with Crippen LogP contribution >= 0.6 is 48.8 Å². The van der Waals surface area contributed by atoms with Gasteiger partial charge in [0.25, 0.3) is 0 Å². The largest absolute Gasteiger partial charge is 0.179 e. The van der Waals surface area contributed by atoms with E-state index >= 15 is 0 Å². The predicted octanol–water partition coefficient (Wildman–Crippen LogP) is 4.26. The van der Waals surface area contributed by atoms with Crippen LogP contribution in [0.4, 0.5) is 0 Å². The lowest BCUT2D eigenvalue weighted by molar-refractivity contribution is 0.800. The molecule has 0 aromatic carbocycles. The average molecular weight is 285 g/mol. The maximum Gasteiger partial charge on any atom is 0.00291 e. The Kier molecular flexibility index (Phi) is 13.0. The molecule has 0 nitrogen and oxygen atoms in total. The Hall–Kier alpha value is 1.40. The van der Waals surface area contributed by atoms with Crippen LogP contribution < -0.4 is 0 Å². The number of thiol groups is 2. The van der Waals surface area contributed by atoms with E-state index in [4.69, 9.17) is 0 Å². The fourth-order valence-corrected chi connectivity index (χ4v) is 4.44. The zero-order valence-corrected chi connectivity index (χ0v) is 13.2. The van der Waals surface area contributed by atoms with Crippen LogP contribution in [-0.4, -0.2) is 33.5 Å². The molecule has 0 bridgehead atoms. The Balaban J connectivity index is 3.35. The van der Waals surface area contributed by atoms with E-state index in [1.54, 1.807) is 0 Å². The van der Waals surface area contributed by atoms with Crippen LogP contribution in [0.5, 0.6) is 0 Å². The van der Waals surface area contributed by atoms with E-state index in [2.05, 4.69) is 62.6 Å². The third kappa shape index (κ3) is 11.7. The number of rotatable bonds is 10. The van der Waals surface area contributed by atoms with E-state index in [1.165, 1.54) is 30.8 Å². The van der Waals surface area contributed by atoms with Gasteiger partial charge in [0.05, 0.1) is 0 Å². The summed E-state index contributed by atoms with van der Waals surface area (Å²) in [7, 11) is 0. The second-order valence-electron chi connectivity index (χ2n) is 3.75. The normalized spacial score (nSPS) is 15.2. The molecule has 0 spiro atoms. The van der Waals surface area contributed by atoms with Crippen molar-refractivity contribution in [3.05, 3.63) is 0 Å². The highest BCUT2D eigenvalue weighted by molar-refractivity contribution is 8.00. The fourth-order valence-electron chi connectivity index (χ4n) is 1.30. The molecular formula is C11H24S4. The number of hydrogen-bond acceptors (Lipinski definition) is 4. The minimum absolute atomic E-state index is 0.795. The summed E-state index contributed by atoms with van der Waals surface area (Å²) >= 11 is 12.6. The Labute approximate surface area is 115 Å². The molecule has 0 aliphatic heterocycles. The Morgan fingerprint density at radius 1 is 0.867 bits per heavy atom. The van der Waals surface area contributed by atoms with Gasteiger partial charge in [0, 0.05) is 10.5 Å². The molecule has 0 fully saturated rings. The molecule has 2 unspecified atom stereocenters. The topological polar surface area (TPSA) is 0 Å². The van der Waals surface area contributed by atoms with Gasteiger partial charge in [0.15, 0.2) is 0 Å². The molecule has 0 N–H and O–H groups in total. The first-order valence-corrected chi connectivity index (χ1v) is 9.01. The maximum absolute atomic E-state index is 4.23. The average Bonchev–Trinajstić information content (AvgIpc) is 2.18. The summed E-state index contributed by atoms with van der Waals surface area (Å²) in [4.78, 5) is 0. The van der Waals surface area contributed by atoms with Gasteiger partial charge < -0.3 is 0 Å². The van der Waals surface area contributed by atoms with Gasteiger partial charge in [0.1, 0.15) is 0 Å². The van der Waals surface area contributed by atoms with E-state index in [-0.39, 0.29) is 0 Å². The van der Waals surface area contributed by atoms with Crippen molar-refractivity contribution in [2.24, 2.45) is 0 Å². The second kappa shape index (κ2) is 11.9. The summed E-state index contributed by atoms with van der Waals surface area (Å²) in [5.41, 5.74) is 0. The van der Waals surface area contributed by atoms with E-state index in [0.717, 1.165) is 22.0 Å². The zero-order chi connectivity index (χ0) is 11.5. The second-order valence-corrected chi connectivity index (χ2v) is 7.74. The minimum Gasteiger partial charge on any atom is -0.179 e. The van der Waals surface area contributed by atoms with Crippen molar-refractivity contribution < 1.29 is 0 Å². The summed E-state index contributed by atoms with van der Waals surface area (Å²) in [6, 6.07) is 0. The summed E-state index contributed by atoms with van der Waals surface area (Å²) in [6.07, 6.45) is 3.80. The quantitative estimate of drug-likeness (QED) is 0.454. The molecule has 2 atom stereocenters. The van der Waals surface area contributed by atoms with Gasteiger partial charge in [-0.15, -0.1) is 0 Å². The maximum atomic E-state index is 4.23. The summed E-state index contributed by atoms with van der Waals surface area (Å²) in [6.45, 7) is 4.69. The Morgan fingerprint density at radius 3 is 1.60 bits per heavy atom. The van der Waals surface area contributed by atoms with Gasteiger partial charge in [0.2, 0.25) is 0 Å². The molecule has 4 heteroatoms. The molecule has 0 aliphatic carbocycles. The van der Waals surface area contributed by atoms with Crippen LogP contribution in [-0.2, 0) is 0 Å². The van der Waals surface area contributed by atoms with Crippen molar-refractivity contribution in [1.82, 2.24) is 0 Å². The van der Waals surface area contributed by atoms with Crippen LogP contribution in [0.1, 0.15) is 33.1 Å². The van der Waals surface area contributed by atoms with E-state index in [1.807, 2.05) is 0 Å². The van der Waals surface area contributed by atoms with Crippen molar-refractivity contribution in [1.29, 1.82) is 0 Å². The van der Waals surface area contributed by atoms with Crippen molar-refractivity contribution in [2.45, 2.75) is 43.6 Å². The molecule has 0 saturated carbocycles. The van der Waals surface area contributed by atoms with Gasteiger partial charge in [-0.2, -0.15) is 48.8 Å². The van der Waals surface area contributed by atoms with Gasteiger partial charge in [-0.25, -0.2) is 0 Å².